The van der Waals surface area contributed by atoms with Gasteiger partial charge in [0.2, 0.25) is 0 Å². The summed E-state index contributed by atoms with van der Waals surface area (Å²) in [6.45, 7) is 0.221. The van der Waals surface area contributed by atoms with Crippen LogP contribution in [0.1, 0.15) is 15.9 Å². The number of hydrogen-bond acceptors (Lipinski definition) is 6. The Kier molecular flexibility index (Phi) is 7.62. The smallest absolute Gasteiger partial charge is 0.314 e. The molecule has 1 aromatic heterocycles. The second kappa shape index (κ2) is 11.2. The number of benzene rings is 3. The van der Waals surface area contributed by atoms with Gasteiger partial charge in [0.1, 0.15) is 5.75 Å². The average molecular weight is 505 g/mol. The van der Waals surface area contributed by atoms with E-state index in [0.717, 1.165) is 5.56 Å². The summed E-state index contributed by atoms with van der Waals surface area (Å²) in [7, 11) is 1.48. The molecule has 9 nitrogen and oxygen atoms in total. The van der Waals surface area contributed by atoms with Gasteiger partial charge in [-0.3, -0.25) is 14.4 Å². The van der Waals surface area contributed by atoms with Gasteiger partial charge in [-0.1, -0.05) is 29.8 Å². The summed E-state index contributed by atoms with van der Waals surface area (Å²) < 4.78 is 10.6. The molecule has 0 saturated heterocycles. The normalized spacial score (nSPS) is 10.4. The number of halogens is 1. The van der Waals surface area contributed by atoms with E-state index in [0.29, 0.717) is 39.0 Å². The van der Waals surface area contributed by atoms with Crippen LogP contribution in [0.25, 0.3) is 11.3 Å². The molecule has 182 valence electrons. The van der Waals surface area contributed by atoms with Crippen LogP contribution in [-0.2, 0) is 16.1 Å². The molecule has 3 aromatic carbocycles. The molecule has 1 heterocycles. The SMILES string of the molecule is COc1cc(NC(=O)C(=O)Nc2cccc(CNC(=O)c3cccc(Cl)c3)c2)ccc1-c1cnco1. The van der Waals surface area contributed by atoms with Crippen LogP contribution in [0, 0.1) is 0 Å². The molecule has 0 aliphatic carbocycles. The molecule has 0 aliphatic heterocycles. The lowest BCUT2D eigenvalue weighted by Crippen LogP contribution is -2.29. The zero-order chi connectivity index (χ0) is 25.5. The van der Waals surface area contributed by atoms with Crippen molar-refractivity contribution in [2.45, 2.75) is 6.54 Å². The Balaban J connectivity index is 1.35. The molecule has 4 aromatic rings. The molecular weight excluding hydrogens is 484 g/mol. The molecule has 0 unspecified atom stereocenters. The van der Waals surface area contributed by atoms with Crippen molar-refractivity contribution in [3.05, 3.63) is 95.5 Å². The number of nitrogens with one attached hydrogen (secondary N) is 3. The largest absolute Gasteiger partial charge is 0.496 e. The number of rotatable bonds is 7. The zero-order valence-electron chi connectivity index (χ0n) is 19.1. The van der Waals surface area contributed by atoms with Gasteiger partial charge in [0.25, 0.3) is 5.91 Å². The number of amides is 3. The highest BCUT2D eigenvalue weighted by molar-refractivity contribution is 6.43. The zero-order valence-corrected chi connectivity index (χ0v) is 19.8. The maximum Gasteiger partial charge on any atom is 0.314 e. The van der Waals surface area contributed by atoms with Gasteiger partial charge in [-0.2, -0.15) is 0 Å². The van der Waals surface area contributed by atoms with Gasteiger partial charge in [0, 0.05) is 34.6 Å². The first-order valence-electron chi connectivity index (χ1n) is 10.7. The average Bonchev–Trinajstić information content (AvgIpc) is 3.42. The number of oxazole rings is 1. The van der Waals surface area contributed by atoms with E-state index in [2.05, 4.69) is 20.9 Å². The Hall–Kier alpha value is -4.63. The summed E-state index contributed by atoms with van der Waals surface area (Å²) in [6.07, 6.45) is 2.84. The van der Waals surface area contributed by atoms with Gasteiger partial charge >= 0.3 is 11.8 Å². The summed E-state index contributed by atoms with van der Waals surface area (Å²) in [6, 6.07) is 18.3. The van der Waals surface area contributed by atoms with Crippen molar-refractivity contribution >= 4 is 40.7 Å². The Morgan fingerprint density at radius 2 is 1.69 bits per heavy atom. The van der Waals surface area contributed by atoms with Crippen molar-refractivity contribution in [1.29, 1.82) is 0 Å². The number of anilines is 2. The number of methoxy groups -OCH3 is 1. The molecule has 10 heteroatoms. The molecule has 0 saturated carbocycles. The summed E-state index contributed by atoms with van der Waals surface area (Å²) in [5.74, 6) is -1.04. The minimum atomic E-state index is -0.857. The fourth-order valence-corrected chi connectivity index (χ4v) is 3.56. The number of hydrogen-bond donors (Lipinski definition) is 3. The van der Waals surface area contributed by atoms with Gasteiger partial charge < -0.3 is 25.1 Å². The van der Waals surface area contributed by atoms with Gasteiger partial charge in [0.05, 0.1) is 18.9 Å². The van der Waals surface area contributed by atoms with Crippen LogP contribution in [0.15, 0.2) is 83.7 Å². The third-order valence-corrected chi connectivity index (χ3v) is 5.32. The predicted molar refractivity (Wildman–Crippen MR) is 135 cm³/mol. The fraction of sp³-hybridized carbons (Fsp3) is 0.0769. The van der Waals surface area contributed by atoms with E-state index >= 15 is 0 Å². The van der Waals surface area contributed by atoms with Crippen LogP contribution in [0.3, 0.4) is 0 Å². The van der Waals surface area contributed by atoms with Crippen LogP contribution in [0.4, 0.5) is 11.4 Å². The van der Waals surface area contributed by atoms with E-state index in [4.69, 9.17) is 20.8 Å². The van der Waals surface area contributed by atoms with Gasteiger partial charge in [-0.05, 0) is 48.0 Å². The summed E-state index contributed by atoms with van der Waals surface area (Å²) in [4.78, 5) is 41.1. The molecule has 0 atom stereocenters. The molecular formula is C26H21ClN4O5. The predicted octanol–water partition coefficient (Wildman–Crippen LogP) is 4.51. The first-order valence-corrected chi connectivity index (χ1v) is 11.1. The van der Waals surface area contributed by atoms with Crippen molar-refractivity contribution in [2.24, 2.45) is 0 Å². The lowest BCUT2D eigenvalue weighted by atomic mass is 10.1. The van der Waals surface area contributed by atoms with Gasteiger partial charge in [-0.15, -0.1) is 0 Å². The topological polar surface area (TPSA) is 123 Å². The van der Waals surface area contributed by atoms with Crippen molar-refractivity contribution in [3.63, 3.8) is 0 Å². The Morgan fingerprint density at radius 3 is 2.39 bits per heavy atom. The van der Waals surface area contributed by atoms with Crippen LogP contribution in [0.5, 0.6) is 5.75 Å². The Morgan fingerprint density at radius 1 is 0.944 bits per heavy atom. The third kappa shape index (κ3) is 6.08. The molecule has 3 N–H and O–H groups in total. The van der Waals surface area contributed by atoms with Crippen molar-refractivity contribution in [2.75, 3.05) is 17.7 Å². The number of ether oxygens (including phenoxy) is 1. The Labute approximate surface area is 211 Å². The molecule has 4 rings (SSSR count). The lowest BCUT2D eigenvalue weighted by Gasteiger charge is -2.11. The van der Waals surface area contributed by atoms with E-state index < -0.39 is 11.8 Å². The molecule has 0 spiro atoms. The first-order chi connectivity index (χ1) is 17.4. The van der Waals surface area contributed by atoms with E-state index in [-0.39, 0.29) is 12.5 Å². The summed E-state index contributed by atoms with van der Waals surface area (Å²) >= 11 is 5.93. The minimum absolute atomic E-state index is 0.221. The molecule has 3 amide bonds. The molecule has 0 radical (unpaired) electrons. The molecule has 0 aliphatic rings. The maximum absolute atomic E-state index is 12.5. The van der Waals surface area contributed by atoms with Crippen LogP contribution >= 0.6 is 11.6 Å². The quantitative estimate of drug-likeness (QED) is 0.318. The van der Waals surface area contributed by atoms with Gasteiger partial charge in [0.15, 0.2) is 12.2 Å². The second-order valence-electron chi connectivity index (χ2n) is 7.58. The van der Waals surface area contributed by atoms with Crippen LogP contribution in [-0.4, -0.2) is 29.8 Å². The van der Waals surface area contributed by atoms with Crippen molar-refractivity contribution in [3.8, 4) is 17.1 Å². The molecule has 0 bridgehead atoms. The number of nitrogens with zero attached hydrogens (tertiary/aromatic N) is 1. The molecule has 0 fully saturated rings. The highest BCUT2D eigenvalue weighted by Crippen LogP contribution is 2.32. The minimum Gasteiger partial charge on any atom is -0.496 e. The van der Waals surface area contributed by atoms with E-state index in [1.807, 2.05) is 0 Å². The third-order valence-electron chi connectivity index (χ3n) is 5.09. The van der Waals surface area contributed by atoms with Gasteiger partial charge in [-0.25, -0.2) is 4.98 Å². The molecule has 36 heavy (non-hydrogen) atoms. The number of aromatic nitrogens is 1. The highest BCUT2D eigenvalue weighted by Gasteiger charge is 2.16. The van der Waals surface area contributed by atoms with E-state index in [9.17, 15) is 14.4 Å². The van der Waals surface area contributed by atoms with E-state index in [1.165, 1.54) is 13.5 Å². The monoisotopic (exact) mass is 504 g/mol. The Bertz CT molecular complexity index is 1410. The summed E-state index contributed by atoms with van der Waals surface area (Å²) in [5, 5.41) is 8.36. The second-order valence-corrected chi connectivity index (χ2v) is 8.02. The van der Waals surface area contributed by atoms with Crippen molar-refractivity contribution < 1.29 is 23.5 Å². The maximum atomic E-state index is 12.5. The first kappa shape index (κ1) is 24.5. The number of carbonyl (C=O) groups is 3. The lowest BCUT2D eigenvalue weighted by molar-refractivity contribution is -0.132. The van der Waals surface area contributed by atoms with Crippen molar-refractivity contribution in [1.82, 2.24) is 10.3 Å². The highest BCUT2D eigenvalue weighted by atomic mass is 35.5. The van der Waals surface area contributed by atoms with E-state index in [1.54, 1.807) is 72.9 Å². The summed E-state index contributed by atoms with van der Waals surface area (Å²) in [5.41, 5.74) is 2.60. The van der Waals surface area contributed by atoms with Crippen LogP contribution in [0.2, 0.25) is 5.02 Å². The number of carbonyl (C=O) groups excluding carboxylic acids is 3. The standard InChI is InChI=1S/C26H21ClN4O5/c1-35-22-12-20(8-9-21(22)23-14-28-15-36-23)31-26(34)25(33)30-19-7-2-4-16(10-19)13-29-24(32)17-5-3-6-18(27)11-17/h2-12,14-15H,13H2,1H3,(H,29,32)(H,30,33)(H,31,34). The fourth-order valence-electron chi connectivity index (χ4n) is 3.37. The van der Waals surface area contributed by atoms with Crippen LogP contribution < -0.4 is 20.7 Å².